The van der Waals surface area contributed by atoms with E-state index < -0.39 is 17.5 Å². The number of benzene rings is 1. The second-order valence-electron chi connectivity index (χ2n) is 6.14. The molecule has 0 amide bonds. The number of carbonyl (C=O) groups is 1. The lowest BCUT2D eigenvalue weighted by atomic mass is 10.1. The SMILES string of the molecule is CC(=O)CN(c1ccc(CC(F)(F)F)cc1[N+](=O)[O-])C1CCCC1. The van der Waals surface area contributed by atoms with Crippen LogP contribution in [0.5, 0.6) is 0 Å². The number of anilines is 1. The summed E-state index contributed by atoms with van der Waals surface area (Å²) in [4.78, 5) is 23.9. The number of Topliss-reactive ketones (excluding diaryl/α,β-unsaturated/α-hetero) is 1. The molecule has 0 bridgehead atoms. The standard InChI is InChI=1S/C16H19F3N2O3/c1-11(22)10-20(13-4-2-3-5-13)14-7-6-12(9-16(17,18)19)8-15(14)21(23)24/h6-8,13H,2-5,9-10H2,1H3. The molecule has 132 valence electrons. The first-order valence-electron chi connectivity index (χ1n) is 7.77. The zero-order chi connectivity index (χ0) is 17.9. The van der Waals surface area contributed by atoms with E-state index in [-0.39, 0.29) is 35.3 Å². The Morgan fingerprint density at radius 2 is 1.96 bits per heavy atom. The molecule has 0 aromatic heterocycles. The summed E-state index contributed by atoms with van der Waals surface area (Å²) in [7, 11) is 0. The van der Waals surface area contributed by atoms with Gasteiger partial charge in [0, 0.05) is 12.1 Å². The van der Waals surface area contributed by atoms with Crippen molar-refractivity contribution in [3.05, 3.63) is 33.9 Å². The Labute approximate surface area is 137 Å². The van der Waals surface area contributed by atoms with E-state index in [2.05, 4.69) is 0 Å². The molecule has 0 heterocycles. The van der Waals surface area contributed by atoms with E-state index in [1.165, 1.54) is 19.1 Å². The smallest absolute Gasteiger partial charge is 0.356 e. The number of hydrogen-bond acceptors (Lipinski definition) is 4. The van der Waals surface area contributed by atoms with Crippen LogP contribution in [0.25, 0.3) is 0 Å². The number of ketones is 1. The van der Waals surface area contributed by atoms with Crippen molar-refractivity contribution in [3.63, 3.8) is 0 Å². The summed E-state index contributed by atoms with van der Waals surface area (Å²) < 4.78 is 37.6. The van der Waals surface area contributed by atoms with Gasteiger partial charge < -0.3 is 4.90 Å². The third-order valence-electron chi connectivity index (χ3n) is 4.11. The van der Waals surface area contributed by atoms with E-state index in [9.17, 15) is 28.1 Å². The van der Waals surface area contributed by atoms with Crippen molar-refractivity contribution in [2.45, 2.75) is 51.2 Å². The number of rotatable bonds is 6. The summed E-state index contributed by atoms with van der Waals surface area (Å²) in [6.07, 6.45) is -2.08. The minimum atomic E-state index is -4.43. The minimum absolute atomic E-state index is 0.000987. The molecule has 0 radical (unpaired) electrons. The summed E-state index contributed by atoms with van der Waals surface area (Å²) in [5.74, 6) is -0.143. The fourth-order valence-corrected chi connectivity index (χ4v) is 3.17. The molecule has 1 aromatic carbocycles. The highest BCUT2D eigenvalue weighted by atomic mass is 19.4. The number of halogens is 3. The maximum absolute atomic E-state index is 12.5. The normalized spacial score (nSPS) is 15.5. The third-order valence-corrected chi connectivity index (χ3v) is 4.11. The van der Waals surface area contributed by atoms with E-state index in [0.717, 1.165) is 31.7 Å². The summed E-state index contributed by atoms with van der Waals surface area (Å²) in [5.41, 5.74) is -0.329. The van der Waals surface area contributed by atoms with Crippen LogP contribution >= 0.6 is 0 Å². The highest BCUT2D eigenvalue weighted by Crippen LogP contribution is 2.36. The fraction of sp³-hybridized carbons (Fsp3) is 0.562. The summed E-state index contributed by atoms with van der Waals surface area (Å²) in [6, 6.07) is 3.55. The fourth-order valence-electron chi connectivity index (χ4n) is 3.17. The first kappa shape index (κ1) is 18.2. The number of hydrogen-bond donors (Lipinski definition) is 0. The van der Waals surface area contributed by atoms with Gasteiger partial charge in [0.05, 0.1) is 17.9 Å². The van der Waals surface area contributed by atoms with Crippen LogP contribution in [0.2, 0.25) is 0 Å². The predicted octanol–water partition coefficient (Wildman–Crippen LogP) is 4.04. The van der Waals surface area contributed by atoms with Gasteiger partial charge in [0.2, 0.25) is 0 Å². The molecular formula is C16H19F3N2O3. The molecule has 8 heteroatoms. The Bertz CT molecular complexity index is 625. The summed E-state index contributed by atoms with van der Waals surface area (Å²) in [5, 5.41) is 11.4. The first-order chi connectivity index (χ1) is 11.2. The first-order valence-corrected chi connectivity index (χ1v) is 7.77. The van der Waals surface area contributed by atoms with E-state index >= 15 is 0 Å². The lowest BCUT2D eigenvalue weighted by Gasteiger charge is -2.30. The van der Waals surface area contributed by atoms with Gasteiger partial charge in [-0.1, -0.05) is 18.9 Å². The Balaban J connectivity index is 2.41. The van der Waals surface area contributed by atoms with Crippen LogP contribution in [0.3, 0.4) is 0 Å². The van der Waals surface area contributed by atoms with E-state index in [4.69, 9.17) is 0 Å². The molecule has 1 saturated carbocycles. The molecule has 0 unspecified atom stereocenters. The van der Waals surface area contributed by atoms with Crippen LogP contribution in [0, 0.1) is 10.1 Å². The average molecular weight is 344 g/mol. The van der Waals surface area contributed by atoms with Crippen LogP contribution < -0.4 is 4.90 Å². The topological polar surface area (TPSA) is 63.5 Å². The average Bonchev–Trinajstić information content (AvgIpc) is 2.97. The number of carbonyl (C=O) groups excluding carboxylic acids is 1. The van der Waals surface area contributed by atoms with Crippen LogP contribution in [0.4, 0.5) is 24.5 Å². The van der Waals surface area contributed by atoms with Crippen molar-refractivity contribution in [1.29, 1.82) is 0 Å². The molecule has 0 aliphatic heterocycles. The van der Waals surface area contributed by atoms with E-state index in [1.807, 2.05) is 0 Å². The molecular weight excluding hydrogens is 325 g/mol. The molecule has 0 spiro atoms. The maximum Gasteiger partial charge on any atom is 0.393 e. The van der Waals surface area contributed by atoms with Crippen LogP contribution in [-0.2, 0) is 11.2 Å². The van der Waals surface area contributed by atoms with Crippen molar-refractivity contribution >= 4 is 17.2 Å². The summed E-state index contributed by atoms with van der Waals surface area (Å²) >= 11 is 0. The van der Waals surface area contributed by atoms with Gasteiger partial charge in [0.1, 0.15) is 11.5 Å². The molecule has 2 rings (SSSR count). The van der Waals surface area contributed by atoms with Crippen molar-refractivity contribution in [1.82, 2.24) is 0 Å². The van der Waals surface area contributed by atoms with Crippen LogP contribution in [0.15, 0.2) is 18.2 Å². The number of nitro groups is 1. The minimum Gasteiger partial charge on any atom is -0.356 e. The Morgan fingerprint density at radius 3 is 2.46 bits per heavy atom. The monoisotopic (exact) mass is 344 g/mol. The zero-order valence-corrected chi connectivity index (χ0v) is 13.3. The number of alkyl halides is 3. The van der Waals surface area contributed by atoms with Crippen LogP contribution in [-0.4, -0.2) is 29.5 Å². The van der Waals surface area contributed by atoms with Gasteiger partial charge in [0.25, 0.3) is 5.69 Å². The number of nitro benzene ring substituents is 1. The molecule has 0 saturated heterocycles. The molecule has 0 N–H and O–H groups in total. The van der Waals surface area contributed by atoms with Crippen molar-refractivity contribution in [3.8, 4) is 0 Å². The highest BCUT2D eigenvalue weighted by Gasteiger charge is 2.32. The van der Waals surface area contributed by atoms with E-state index in [0.29, 0.717) is 0 Å². The Morgan fingerprint density at radius 1 is 1.33 bits per heavy atom. The van der Waals surface area contributed by atoms with Crippen LogP contribution in [0.1, 0.15) is 38.2 Å². The van der Waals surface area contributed by atoms with Gasteiger partial charge in [-0.3, -0.25) is 14.9 Å². The molecule has 1 aliphatic carbocycles. The van der Waals surface area contributed by atoms with Crippen molar-refractivity contribution < 1.29 is 22.9 Å². The molecule has 24 heavy (non-hydrogen) atoms. The maximum atomic E-state index is 12.5. The molecule has 1 aliphatic rings. The van der Waals surface area contributed by atoms with Gasteiger partial charge in [-0.2, -0.15) is 13.2 Å². The quantitative estimate of drug-likeness (QED) is 0.577. The highest BCUT2D eigenvalue weighted by molar-refractivity contribution is 5.82. The molecule has 1 aromatic rings. The predicted molar refractivity (Wildman–Crippen MR) is 83.1 cm³/mol. The second-order valence-corrected chi connectivity index (χ2v) is 6.14. The van der Waals surface area contributed by atoms with Crippen molar-refractivity contribution in [2.75, 3.05) is 11.4 Å². The molecule has 5 nitrogen and oxygen atoms in total. The lowest BCUT2D eigenvalue weighted by molar-refractivity contribution is -0.384. The third kappa shape index (κ3) is 4.69. The van der Waals surface area contributed by atoms with E-state index in [1.54, 1.807) is 4.90 Å². The zero-order valence-electron chi connectivity index (χ0n) is 13.3. The largest absolute Gasteiger partial charge is 0.393 e. The molecule has 1 fully saturated rings. The summed E-state index contributed by atoms with van der Waals surface area (Å²) in [6.45, 7) is 1.41. The van der Waals surface area contributed by atoms with Gasteiger partial charge >= 0.3 is 6.18 Å². The Hall–Kier alpha value is -2.12. The van der Waals surface area contributed by atoms with Gasteiger partial charge in [0.15, 0.2) is 0 Å². The second kappa shape index (κ2) is 7.19. The Kier molecular flexibility index (Phi) is 5.46. The number of nitrogens with zero attached hydrogens (tertiary/aromatic N) is 2. The van der Waals surface area contributed by atoms with Gasteiger partial charge in [-0.05, 0) is 31.4 Å². The molecule has 0 atom stereocenters. The van der Waals surface area contributed by atoms with Gasteiger partial charge in [-0.25, -0.2) is 0 Å². The van der Waals surface area contributed by atoms with Gasteiger partial charge in [-0.15, -0.1) is 0 Å². The van der Waals surface area contributed by atoms with Crippen molar-refractivity contribution in [2.24, 2.45) is 0 Å². The lowest BCUT2D eigenvalue weighted by Crippen LogP contribution is -2.37.